The third-order valence-electron chi connectivity index (χ3n) is 3.72. The normalized spacial score (nSPS) is 12.0. The number of fused-ring (bicyclic) bond motifs is 2. The first-order valence-corrected chi connectivity index (χ1v) is 7.17. The van der Waals surface area contributed by atoms with Crippen LogP contribution in [0.2, 0.25) is 0 Å². The van der Waals surface area contributed by atoms with Gasteiger partial charge in [-0.1, -0.05) is 12.1 Å². The van der Waals surface area contributed by atoms with E-state index in [1.807, 2.05) is 30.5 Å². The lowest BCUT2D eigenvalue weighted by Gasteiger charge is -2.09. The fourth-order valence-corrected chi connectivity index (χ4v) is 2.51. The van der Waals surface area contributed by atoms with Crippen LogP contribution in [0.3, 0.4) is 0 Å². The van der Waals surface area contributed by atoms with Gasteiger partial charge in [0.25, 0.3) is 0 Å². The molecule has 2 heterocycles. The van der Waals surface area contributed by atoms with Crippen LogP contribution in [-0.2, 0) is 6.18 Å². The number of hydrogen-bond acceptors (Lipinski definition) is 3. The molecule has 0 spiro atoms. The van der Waals surface area contributed by atoms with Crippen molar-refractivity contribution < 1.29 is 13.2 Å². The highest BCUT2D eigenvalue weighted by molar-refractivity contribution is 5.84. The van der Waals surface area contributed by atoms with Crippen molar-refractivity contribution in [3.05, 3.63) is 60.4 Å². The summed E-state index contributed by atoms with van der Waals surface area (Å²) in [5.41, 5.74) is 1.20. The first-order valence-electron chi connectivity index (χ1n) is 7.17. The number of H-pyrrole nitrogens is 1. The van der Waals surface area contributed by atoms with Crippen LogP contribution in [0.4, 0.5) is 24.8 Å². The molecule has 0 aliphatic carbocycles. The molecule has 0 bridgehead atoms. The zero-order valence-corrected chi connectivity index (χ0v) is 12.2. The van der Waals surface area contributed by atoms with Gasteiger partial charge in [0.2, 0.25) is 5.95 Å². The first kappa shape index (κ1) is 14.5. The molecule has 2 N–H and O–H groups in total. The third kappa shape index (κ3) is 2.64. The van der Waals surface area contributed by atoms with E-state index < -0.39 is 11.7 Å². The molecule has 2 aromatic heterocycles. The molecule has 0 aliphatic heterocycles. The molecule has 2 aromatic carbocycles. The highest BCUT2D eigenvalue weighted by Crippen LogP contribution is 2.31. The van der Waals surface area contributed by atoms with Crippen molar-refractivity contribution in [3.8, 4) is 0 Å². The molecule has 0 unspecified atom stereocenters. The number of halogens is 3. The minimum absolute atomic E-state index is 0.239. The Morgan fingerprint density at radius 2 is 1.79 bits per heavy atom. The summed E-state index contributed by atoms with van der Waals surface area (Å²) >= 11 is 0. The molecule has 0 fully saturated rings. The molecule has 0 radical (unpaired) electrons. The smallest absolute Gasteiger partial charge is 0.361 e. The van der Waals surface area contributed by atoms with Crippen molar-refractivity contribution in [1.29, 1.82) is 0 Å². The van der Waals surface area contributed by atoms with Crippen molar-refractivity contribution in [2.24, 2.45) is 0 Å². The molecule has 0 saturated carbocycles. The molecule has 4 rings (SSSR count). The van der Waals surface area contributed by atoms with Crippen LogP contribution in [0.15, 0.2) is 54.9 Å². The lowest BCUT2D eigenvalue weighted by atomic mass is 10.1. The van der Waals surface area contributed by atoms with E-state index in [0.717, 1.165) is 28.7 Å². The van der Waals surface area contributed by atoms with Gasteiger partial charge in [-0.25, -0.2) is 9.97 Å². The number of nitrogens with one attached hydrogen (secondary N) is 2. The average molecular weight is 328 g/mol. The fraction of sp³-hybridized carbons (Fsp3) is 0.0588. The molecule has 0 saturated heterocycles. The van der Waals surface area contributed by atoms with Gasteiger partial charge in [0.05, 0.1) is 11.1 Å². The van der Waals surface area contributed by atoms with E-state index in [0.29, 0.717) is 5.39 Å². The van der Waals surface area contributed by atoms with Gasteiger partial charge in [0.1, 0.15) is 0 Å². The topological polar surface area (TPSA) is 53.6 Å². The van der Waals surface area contributed by atoms with E-state index in [1.54, 1.807) is 0 Å². The van der Waals surface area contributed by atoms with E-state index in [4.69, 9.17) is 0 Å². The molecule has 0 atom stereocenters. The van der Waals surface area contributed by atoms with Crippen molar-refractivity contribution >= 4 is 33.4 Å². The van der Waals surface area contributed by atoms with Crippen molar-refractivity contribution in [2.75, 3.05) is 5.32 Å². The van der Waals surface area contributed by atoms with E-state index in [1.165, 1.54) is 12.3 Å². The summed E-state index contributed by atoms with van der Waals surface area (Å²) in [6, 6.07) is 11.0. The third-order valence-corrected chi connectivity index (χ3v) is 3.72. The molecule has 24 heavy (non-hydrogen) atoms. The molecule has 4 aromatic rings. The van der Waals surface area contributed by atoms with Crippen LogP contribution < -0.4 is 5.32 Å². The zero-order chi connectivity index (χ0) is 16.7. The molecule has 7 heteroatoms. The van der Waals surface area contributed by atoms with Gasteiger partial charge in [-0.15, -0.1) is 0 Å². The number of benzene rings is 2. The monoisotopic (exact) mass is 328 g/mol. The largest absolute Gasteiger partial charge is 0.416 e. The van der Waals surface area contributed by atoms with E-state index in [2.05, 4.69) is 20.3 Å². The number of anilines is 2. The molecular weight excluding hydrogens is 317 g/mol. The van der Waals surface area contributed by atoms with Crippen LogP contribution in [0.25, 0.3) is 21.8 Å². The Morgan fingerprint density at radius 1 is 0.958 bits per heavy atom. The summed E-state index contributed by atoms with van der Waals surface area (Å²) in [6.07, 6.45) is -1.07. The van der Waals surface area contributed by atoms with Gasteiger partial charge in [-0.2, -0.15) is 13.2 Å². The quantitative estimate of drug-likeness (QED) is 0.552. The van der Waals surface area contributed by atoms with Crippen LogP contribution in [0.1, 0.15) is 5.56 Å². The van der Waals surface area contributed by atoms with Gasteiger partial charge in [0, 0.05) is 29.0 Å². The number of rotatable bonds is 2. The summed E-state index contributed by atoms with van der Waals surface area (Å²) < 4.78 is 38.5. The van der Waals surface area contributed by atoms with Gasteiger partial charge >= 0.3 is 6.18 Å². The van der Waals surface area contributed by atoms with Crippen LogP contribution in [-0.4, -0.2) is 15.0 Å². The van der Waals surface area contributed by atoms with Crippen molar-refractivity contribution in [2.45, 2.75) is 6.18 Å². The lowest BCUT2D eigenvalue weighted by Crippen LogP contribution is -2.05. The maximum atomic E-state index is 12.8. The number of alkyl halides is 3. The number of nitrogens with zero attached hydrogens (tertiary/aromatic N) is 2. The first-order chi connectivity index (χ1) is 11.5. The Labute approximate surface area is 134 Å². The Kier molecular flexibility index (Phi) is 3.16. The molecule has 4 nitrogen and oxygen atoms in total. The Hall–Kier alpha value is -3.09. The Balaban J connectivity index is 1.70. The fourth-order valence-electron chi connectivity index (χ4n) is 2.51. The van der Waals surface area contributed by atoms with Crippen molar-refractivity contribution in [1.82, 2.24) is 15.0 Å². The van der Waals surface area contributed by atoms with Crippen LogP contribution in [0, 0.1) is 0 Å². The zero-order valence-electron chi connectivity index (χ0n) is 12.2. The molecular formula is C17H11F3N4. The Bertz CT molecular complexity index is 1040. The maximum absolute atomic E-state index is 12.8. The van der Waals surface area contributed by atoms with Crippen LogP contribution >= 0.6 is 0 Å². The van der Waals surface area contributed by atoms with E-state index in [9.17, 15) is 13.2 Å². The second kappa shape index (κ2) is 5.23. The number of aromatic nitrogens is 3. The minimum Gasteiger partial charge on any atom is -0.361 e. The van der Waals surface area contributed by atoms with Gasteiger partial charge < -0.3 is 10.3 Å². The van der Waals surface area contributed by atoms with Gasteiger partial charge in [0.15, 0.2) is 0 Å². The number of aromatic amines is 1. The summed E-state index contributed by atoms with van der Waals surface area (Å²) in [7, 11) is 0. The standard InChI is InChI=1S/C17H11F3N4/c18-17(19,20)12-3-1-11-9-22-16(24-15(11)7-12)23-13-4-2-10-5-6-21-14(10)8-13/h1-9,21H,(H,22,23,24). The average Bonchev–Trinajstić information content (AvgIpc) is 3.01. The van der Waals surface area contributed by atoms with Gasteiger partial charge in [-0.3, -0.25) is 0 Å². The van der Waals surface area contributed by atoms with E-state index >= 15 is 0 Å². The van der Waals surface area contributed by atoms with Crippen LogP contribution in [0.5, 0.6) is 0 Å². The molecule has 0 amide bonds. The second-order valence-electron chi connectivity index (χ2n) is 5.37. The van der Waals surface area contributed by atoms with Gasteiger partial charge in [-0.05, 0) is 35.7 Å². The minimum atomic E-state index is -4.40. The highest BCUT2D eigenvalue weighted by Gasteiger charge is 2.30. The predicted molar refractivity (Wildman–Crippen MR) is 86.1 cm³/mol. The summed E-state index contributed by atoms with van der Waals surface area (Å²) in [6.45, 7) is 0. The highest BCUT2D eigenvalue weighted by atomic mass is 19.4. The van der Waals surface area contributed by atoms with Crippen molar-refractivity contribution in [3.63, 3.8) is 0 Å². The maximum Gasteiger partial charge on any atom is 0.416 e. The lowest BCUT2D eigenvalue weighted by molar-refractivity contribution is -0.137. The number of hydrogen-bond donors (Lipinski definition) is 2. The SMILES string of the molecule is FC(F)(F)c1ccc2cnc(Nc3ccc4cc[nH]c4c3)nc2c1. The summed E-state index contributed by atoms with van der Waals surface area (Å²) in [5.74, 6) is 0.243. The van der Waals surface area contributed by atoms with E-state index in [-0.39, 0.29) is 11.5 Å². The predicted octanol–water partition coefficient (Wildman–Crippen LogP) is 4.87. The summed E-state index contributed by atoms with van der Waals surface area (Å²) in [5, 5.41) is 4.63. The molecule has 120 valence electrons. The Morgan fingerprint density at radius 3 is 2.62 bits per heavy atom. The summed E-state index contributed by atoms with van der Waals surface area (Å²) in [4.78, 5) is 11.4. The second-order valence-corrected chi connectivity index (χ2v) is 5.37. The molecule has 0 aliphatic rings.